The predicted octanol–water partition coefficient (Wildman–Crippen LogP) is 7.58. The first kappa shape index (κ1) is 54.2. The van der Waals surface area contributed by atoms with Crippen molar-refractivity contribution >= 4 is 40.5 Å². The molecule has 2 bridgehead atoms. The molecule has 1 unspecified atom stereocenters. The van der Waals surface area contributed by atoms with E-state index in [0.717, 1.165) is 143 Å². The lowest BCUT2D eigenvalue weighted by Crippen LogP contribution is -2.53. The van der Waals surface area contributed by atoms with Crippen molar-refractivity contribution < 1.29 is 29.1 Å². The van der Waals surface area contributed by atoms with Crippen molar-refractivity contribution in [3.8, 4) is 27.4 Å². The molecule has 6 aliphatic rings. The van der Waals surface area contributed by atoms with Crippen LogP contribution in [0.15, 0.2) is 83.1 Å². The summed E-state index contributed by atoms with van der Waals surface area (Å²) >= 11 is 1.60. The van der Waals surface area contributed by atoms with Gasteiger partial charge < -0.3 is 54.7 Å². The number of ether oxygens (including phenoxy) is 1. The molecule has 19 nitrogen and oxygen atoms in total. The van der Waals surface area contributed by atoms with Crippen LogP contribution in [0, 0.1) is 18.8 Å². The van der Waals surface area contributed by atoms with E-state index in [2.05, 4.69) is 56.0 Å². The fourth-order valence-corrected chi connectivity index (χ4v) is 14.5. The summed E-state index contributed by atoms with van der Waals surface area (Å²) in [5.74, 6) is 2.26. The van der Waals surface area contributed by atoms with Gasteiger partial charge in [0.2, 0.25) is 11.8 Å². The summed E-state index contributed by atoms with van der Waals surface area (Å²) < 4.78 is 15.1. The highest BCUT2D eigenvalue weighted by Gasteiger charge is 2.45. The van der Waals surface area contributed by atoms with Crippen molar-refractivity contribution in [1.82, 2.24) is 49.9 Å². The number of para-hydroxylation sites is 1. The van der Waals surface area contributed by atoms with Crippen LogP contribution in [0.4, 0.5) is 17.3 Å². The van der Waals surface area contributed by atoms with Gasteiger partial charge in [-0.3, -0.25) is 14.5 Å². The fourth-order valence-electron chi connectivity index (χ4n) is 13.6. The maximum absolute atomic E-state index is 14.4. The highest BCUT2D eigenvalue weighted by molar-refractivity contribution is 7.13. The summed E-state index contributed by atoms with van der Waals surface area (Å²) in [6.07, 6.45) is 12.6. The molecule has 2 aromatic carbocycles. The van der Waals surface area contributed by atoms with E-state index in [1.165, 1.54) is 0 Å². The van der Waals surface area contributed by atoms with E-state index in [1.807, 2.05) is 87.9 Å². The number of aromatic hydroxyl groups is 1. The van der Waals surface area contributed by atoms with Gasteiger partial charge in [-0.1, -0.05) is 55.4 Å². The standard InChI is InChI=1S/C60H77N13O6S/c1-36(2)56(60(77)73-33-45(74)27-51(73)59(76)64-37(3)40-9-11-41(12-10-40)57-38(4)63-35-80-57)53-29-54(67-79-53)69-22-15-39(16-23-69)30-68-20-17-46(18-21-68)78-47-25-44(26-47)71-24-19-62-55(71)34-72-42-13-14-43(72)32-70(31-42)50-28-49(65-66-58(50)61)48-7-5-6-8-52(48)75/h5-12,19,24,28-29,35-37,39,42-47,51,56,74-75H,13-18,20-23,25-27,30-34H2,1-4H3,(H2,61,66)(H,64,76)/t37-,42+,43?,44?,45+,47?,51-,56+/m0/s1. The Bertz CT molecular complexity index is 3090. The van der Waals surface area contributed by atoms with E-state index in [0.29, 0.717) is 53.0 Å². The number of fused-ring (bicyclic) bond motifs is 2. The number of phenols is 1. The second kappa shape index (κ2) is 23.2. The Morgan fingerprint density at radius 2 is 1.61 bits per heavy atom. The van der Waals surface area contributed by atoms with Gasteiger partial charge in [-0.2, -0.15) is 0 Å². The molecule has 5 N–H and O–H groups in total. The average Bonchev–Trinajstić information content (AvgIpc) is 4.32. The van der Waals surface area contributed by atoms with Gasteiger partial charge in [-0.15, -0.1) is 21.5 Å². The second-order valence-electron chi connectivity index (χ2n) is 23.9. The van der Waals surface area contributed by atoms with Crippen LogP contribution in [0.1, 0.15) is 119 Å². The number of aryl methyl sites for hydroxylation is 1. The summed E-state index contributed by atoms with van der Waals surface area (Å²) in [5.41, 5.74) is 13.4. The molecule has 5 saturated heterocycles. The number of carbonyl (C=O) groups excluding carboxylic acids is 2. The lowest BCUT2D eigenvalue weighted by atomic mass is 9.88. The summed E-state index contributed by atoms with van der Waals surface area (Å²) in [6.45, 7) is 15.5. The molecule has 424 valence electrons. The summed E-state index contributed by atoms with van der Waals surface area (Å²) in [4.78, 5) is 50.1. The molecule has 5 aliphatic heterocycles. The Hall–Kier alpha value is -6.45. The van der Waals surface area contributed by atoms with Crippen molar-refractivity contribution in [3.63, 3.8) is 0 Å². The Morgan fingerprint density at radius 3 is 2.33 bits per heavy atom. The van der Waals surface area contributed by atoms with Crippen LogP contribution in [-0.2, 0) is 20.9 Å². The highest BCUT2D eigenvalue weighted by atomic mass is 32.1. The molecule has 4 aromatic heterocycles. The summed E-state index contributed by atoms with van der Waals surface area (Å²) in [5, 5.41) is 37.5. The number of hydrogen-bond acceptors (Lipinski definition) is 17. The number of aromatic nitrogens is 6. The van der Waals surface area contributed by atoms with Gasteiger partial charge in [0.15, 0.2) is 17.4 Å². The number of benzene rings is 2. The number of carbonyl (C=O) groups is 2. The van der Waals surface area contributed by atoms with Crippen LogP contribution in [0.3, 0.4) is 0 Å². The van der Waals surface area contributed by atoms with E-state index >= 15 is 0 Å². The number of likely N-dealkylation sites (tertiary alicyclic amines) is 2. The van der Waals surface area contributed by atoms with Gasteiger partial charge in [0.1, 0.15) is 23.5 Å². The molecule has 9 heterocycles. The number of thiazole rings is 1. The van der Waals surface area contributed by atoms with Crippen molar-refractivity contribution in [2.24, 2.45) is 11.8 Å². The summed E-state index contributed by atoms with van der Waals surface area (Å²) in [6, 6.07) is 19.3. The van der Waals surface area contributed by atoms with Crippen LogP contribution in [0.2, 0.25) is 0 Å². The number of nitrogens with zero attached hydrogens (tertiary/aromatic N) is 11. The third-order valence-corrected chi connectivity index (χ3v) is 19.2. The zero-order valence-electron chi connectivity index (χ0n) is 46.5. The predicted molar refractivity (Wildman–Crippen MR) is 307 cm³/mol. The smallest absolute Gasteiger partial charge is 0.243 e. The van der Waals surface area contributed by atoms with Crippen LogP contribution in [0.25, 0.3) is 21.7 Å². The van der Waals surface area contributed by atoms with Crippen LogP contribution >= 0.6 is 11.3 Å². The van der Waals surface area contributed by atoms with Crippen LogP contribution in [-0.4, -0.2) is 155 Å². The Morgan fingerprint density at radius 1 is 0.863 bits per heavy atom. The van der Waals surface area contributed by atoms with Gasteiger partial charge in [0.25, 0.3) is 0 Å². The third kappa shape index (κ3) is 11.3. The number of amides is 2. The highest BCUT2D eigenvalue weighted by Crippen LogP contribution is 2.41. The molecule has 0 radical (unpaired) electrons. The van der Waals surface area contributed by atoms with Crippen molar-refractivity contribution in [1.29, 1.82) is 0 Å². The minimum Gasteiger partial charge on any atom is -0.507 e. The number of β-amino-alcohol motifs (C(OH)–C–C–N with tert-alkyl or cyclic N) is 1. The minimum atomic E-state index is -0.800. The van der Waals surface area contributed by atoms with E-state index in [-0.39, 0.29) is 48.6 Å². The molecular formula is C60H77N13O6S. The van der Waals surface area contributed by atoms with Gasteiger partial charge in [0, 0.05) is 101 Å². The van der Waals surface area contributed by atoms with Crippen molar-refractivity contribution in [3.05, 3.63) is 101 Å². The number of imidazole rings is 1. The molecule has 12 rings (SSSR count). The van der Waals surface area contributed by atoms with Gasteiger partial charge >= 0.3 is 0 Å². The number of aliphatic hydroxyl groups is 1. The molecule has 0 spiro atoms. The molecule has 1 aliphatic carbocycles. The number of nitrogen functional groups attached to an aromatic ring is 1. The zero-order valence-corrected chi connectivity index (χ0v) is 47.3. The van der Waals surface area contributed by atoms with E-state index in [1.54, 1.807) is 28.4 Å². The number of nitrogens with two attached hydrogens (primary N) is 1. The first-order valence-electron chi connectivity index (χ1n) is 29.1. The van der Waals surface area contributed by atoms with E-state index in [4.69, 9.17) is 20.0 Å². The Labute approximate surface area is 472 Å². The number of nitrogens with one attached hydrogen (secondary N) is 1. The fraction of sp³-hybridized carbons (Fsp3) is 0.550. The Balaban J connectivity index is 0.570. The number of anilines is 3. The molecular weight excluding hydrogens is 1030 g/mol. The molecule has 1 saturated carbocycles. The first-order valence-corrected chi connectivity index (χ1v) is 30.0. The van der Waals surface area contributed by atoms with Gasteiger partial charge in [-0.25, -0.2) is 9.97 Å². The topological polar surface area (TPSA) is 221 Å². The number of piperazine rings is 1. The van der Waals surface area contributed by atoms with Gasteiger partial charge in [-0.05, 0) is 106 Å². The lowest BCUT2D eigenvalue weighted by Gasteiger charge is -2.43. The second-order valence-corrected chi connectivity index (χ2v) is 24.7. The molecule has 20 heteroatoms. The number of hydrogen-bond donors (Lipinski definition) is 4. The molecule has 80 heavy (non-hydrogen) atoms. The number of rotatable bonds is 17. The lowest BCUT2D eigenvalue weighted by molar-refractivity contribution is -0.141. The first-order chi connectivity index (χ1) is 38.8. The zero-order chi connectivity index (χ0) is 55.2. The summed E-state index contributed by atoms with van der Waals surface area (Å²) in [7, 11) is 0. The van der Waals surface area contributed by atoms with E-state index in [9.17, 15) is 19.8 Å². The van der Waals surface area contributed by atoms with Crippen molar-refractivity contribution in [2.75, 3.05) is 67.9 Å². The van der Waals surface area contributed by atoms with Crippen LogP contribution < -0.4 is 20.9 Å². The molecule has 6 aromatic rings. The maximum Gasteiger partial charge on any atom is 0.243 e. The average molecular weight is 1110 g/mol. The maximum atomic E-state index is 14.4. The quantitative estimate of drug-likeness (QED) is 0.0691. The SMILES string of the molecule is Cc1ncsc1-c1ccc([C@H](C)NC(=O)[C@@H]2C[C@@H](O)CN2C(=O)[C@@H](c2cc(N3CCC(CN4CCC(OC5CC(n6ccnc6CN6C7CC[C@@H]6CN(c6cc(-c8ccccc8O)nnc6N)C7)C5)CC4)CC3)no2)C(C)C)cc1. The largest absolute Gasteiger partial charge is 0.507 e. The third-order valence-electron chi connectivity index (χ3n) is 18.3. The number of aliphatic hydroxyl groups excluding tert-OH is 1. The van der Waals surface area contributed by atoms with E-state index < -0.39 is 18.1 Å². The molecule has 6 atom stereocenters. The monoisotopic (exact) mass is 1110 g/mol. The van der Waals surface area contributed by atoms with Gasteiger partial charge in [0.05, 0.1) is 58.4 Å². The molecule has 6 fully saturated rings. The van der Waals surface area contributed by atoms with Crippen LogP contribution in [0.5, 0.6) is 5.75 Å². The Kier molecular flexibility index (Phi) is 15.7. The number of phenolic OH excluding ortho intramolecular Hbond substituents is 1. The normalized spacial score (nSPS) is 24.9. The minimum absolute atomic E-state index is 0.0879. The number of piperidine rings is 2. The van der Waals surface area contributed by atoms with Crippen molar-refractivity contribution in [2.45, 2.75) is 146 Å². The molecule has 2 amide bonds.